The molecule has 1 aliphatic rings. The molecule has 2 heterocycles. The van der Waals surface area contributed by atoms with E-state index in [1.165, 1.54) is 40.7 Å². The van der Waals surface area contributed by atoms with Gasteiger partial charge in [-0.15, -0.1) is 11.3 Å². The third-order valence-electron chi connectivity index (χ3n) is 6.13. The highest BCUT2D eigenvalue weighted by molar-refractivity contribution is 7.95. The zero-order valence-electron chi connectivity index (χ0n) is 20.1. The minimum atomic E-state index is -3.78. The van der Waals surface area contributed by atoms with E-state index in [9.17, 15) is 27.0 Å². The Morgan fingerprint density at radius 3 is 2.27 bits per heavy atom. The minimum absolute atomic E-state index is 0.00399. The van der Waals surface area contributed by atoms with E-state index in [-0.39, 0.29) is 31.6 Å². The van der Waals surface area contributed by atoms with Crippen molar-refractivity contribution < 1.29 is 31.8 Å². The number of piperidine rings is 1. The molecule has 1 atom stereocenters. The van der Waals surface area contributed by atoms with Gasteiger partial charge in [-0.05, 0) is 73.8 Å². The number of hydrogen-bond acceptors (Lipinski definition) is 9. The van der Waals surface area contributed by atoms with Crippen LogP contribution in [0.3, 0.4) is 0 Å². The molecule has 1 saturated heterocycles. The van der Waals surface area contributed by atoms with Crippen molar-refractivity contribution in [1.82, 2.24) is 9.62 Å². The molecule has 1 aromatic heterocycles. The number of nitrogens with zero attached hydrogens (tertiary/aromatic N) is 1. The molecule has 1 aliphatic heterocycles. The number of phenolic OH excluding ortho intramolecular Hbond substituents is 1. The van der Waals surface area contributed by atoms with Gasteiger partial charge in [-0.3, -0.25) is 0 Å². The number of rotatable bonds is 11. The predicted molar refractivity (Wildman–Crippen MR) is 140 cm³/mol. The van der Waals surface area contributed by atoms with E-state index in [2.05, 4.69) is 5.32 Å². The van der Waals surface area contributed by atoms with Gasteiger partial charge in [-0.2, -0.15) is 4.31 Å². The topological polar surface area (TPSA) is 133 Å². The van der Waals surface area contributed by atoms with Crippen LogP contribution in [0.1, 0.15) is 12.8 Å². The number of ether oxygens (including phenoxy) is 1. The molecule has 0 amide bonds. The Morgan fingerprint density at radius 1 is 0.946 bits per heavy atom. The van der Waals surface area contributed by atoms with Gasteiger partial charge in [0, 0.05) is 19.6 Å². The summed E-state index contributed by atoms with van der Waals surface area (Å²) in [7, 11) is -7.55. The summed E-state index contributed by atoms with van der Waals surface area (Å²) in [5.41, 5.74) is 0. The van der Waals surface area contributed by atoms with Gasteiger partial charge in [-0.1, -0.05) is 18.2 Å². The van der Waals surface area contributed by atoms with E-state index in [0.717, 1.165) is 11.3 Å². The van der Waals surface area contributed by atoms with Gasteiger partial charge in [0.1, 0.15) is 32.6 Å². The second-order valence-corrected chi connectivity index (χ2v) is 14.3. The van der Waals surface area contributed by atoms with Crippen LogP contribution in [0.25, 0.3) is 0 Å². The standard InChI is InChI=1S/C25H30N2O7S3/c28-20-6-8-22(9-7-20)34-18-21(29)17-26-16-19-12-14-27(15-13-19)37(32,33)25-11-10-24(35-25)36(30,31)23-4-2-1-3-5-23/h1-11,19,21,26,28-29H,12-18H2/t21-/m1/s1. The van der Waals surface area contributed by atoms with Crippen LogP contribution >= 0.6 is 11.3 Å². The maximum atomic E-state index is 13.1. The number of sulfone groups is 1. The van der Waals surface area contributed by atoms with Crippen LogP contribution in [0.4, 0.5) is 0 Å². The minimum Gasteiger partial charge on any atom is -0.508 e. The monoisotopic (exact) mass is 566 g/mol. The summed E-state index contributed by atoms with van der Waals surface area (Å²) in [6.45, 7) is 1.78. The Bertz CT molecular complexity index is 1370. The molecule has 4 rings (SSSR count). The summed E-state index contributed by atoms with van der Waals surface area (Å²) in [6, 6.07) is 16.9. The normalized spacial score (nSPS) is 16.5. The van der Waals surface area contributed by atoms with E-state index in [4.69, 9.17) is 4.74 Å². The van der Waals surface area contributed by atoms with Crippen molar-refractivity contribution in [3.8, 4) is 11.5 Å². The molecule has 12 heteroatoms. The molecular weight excluding hydrogens is 536 g/mol. The molecule has 0 saturated carbocycles. The molecule has 0 bridgehead atoms. The highest BCUT2D eigenvalue weighted by Crippen LogP contribution is 2.33. The van der Waals surface area contributed by atoms with Crippen molar-refractivity contribution in [2.45, 2.75) is 32.3 Å². The SMILES string of the molecule is O=S(=O)(c1ccccc1)c1ccc(S(=O)(=O)N2CCC(CNC[C@@H](O)COc3ccc(O)cc3)CC2)s1. The van der Waals surface area contributed by atoms with Crippen LogP contribution in [0.15, 0.2) is 80.0 Å². The molecule has 9 nitrogen and oxygen atoms in total. The quantitative estimate of drug-likeness (QED) is 0.323. The van der Waals surface area contributed by atoms with Crippen molar-refractivity contribution in [2.24, 2.45) is 5.92 Å². The lowest BCUT2D eigenvalue weighted by atomic mass is 9.98. The van der Waals surface area contributed by atoms with E-state index in [1.54, 1.807) is 30.3 Å². The fourth-order valence-corrected chi connectivity index (χ4v) is 8.84. The van der Waals surface area contributed by atoms with Gasteiger partial charge in [-0.25, -0.2) is 16.8 Å². The first-order chi connectivity index (χ1) is 17.7. The van der Waals surface area contributed by atoms with Gasteiger partial charge in [0.2, 0.25) is 9.84 Å². The molecule has 37 heavy (non-hydrogen) atoms. The third-order valence-corrected chi connectivity index (χ3v) is 11.8. The molecule has 2 aromatic carbocycles. The second kappa shape index (κ2) is 11.9. The predicted octanol–water partition coefficient (Wildman–Crippen LogP) is 2.72. The van der Waals surface area contributed by atoms with Gasteiger partial charge >= 0.3 is 0 Å². The van der Waals surface area contributed by atoms with Gasteiger partial charge < -0.3 is 20.3 Å². The molecule has 3 aromatic rings. The second-order valence-electron chi connectivity index (χ2n) is 8.85. The average Bonchev–Trinajstić information content (AvgIpc) is 3.42. The van der Waals surface area contributed by atoms with Crippen LogP contribution in [0.5, 0.6) is 11.5 Å². The van der Waals surface area contributed by atoms with Crippen LogP contribution in [0.2, 0.25) is 0 Å². The van der Waals surface area contributed by atoms with E-state index in [1.807, 2.05) is 0 Å². The summed E-state index contributed by atoms with van der Waals surface area (Å²) in [4.78, 5) is 0.131. The van der Waals surface area contributed by atoms with Crippen LogP contribution in [-0.2, 0) is 19.9 Å². The van der Waals surface area contributed by atoms with Crippen LogP contribution in [0, 0.1) is 5.92 Å². The fraction of sp³-hybridized carbons (Fsp3) is 0.360. The summed E-state index contributed by atoms with van der Waals surface area (Å²) >= 11 is 0.775. The summed E-state index contributed by atoms with van der Waals surface area (Å²) in [5.74, 6) is 0.958. The van der Waals surface area contributed by atoms with Crippen molar-refractivity contribution in [3.05, 3.63) is 66.7 Å². The molecule has 0 aliphatic carbocycles. The highest BCUT2D eigenvalue weighted by atomic mass is 32.3. The van der Waals surface area contributed by atoms with Gasteiger partial charge in [0.05, 0.1) is 4.90 Å². The molecule has 3 N–H and O–H groups in total. The van der Waals surface area contributed by atoms with E-state index < -0.39 is 26.0 Å². The largest absolute Gasteiger partial charge is 0.508 e. The molecule has 1 fully saturated rings. The highest BCUT2D eigenvalue weighted by Gasteiger charge is 2.32. The molecule has 200 valence electrons. The fourth-order valence-electron chi connectivity index (χ4n) is 4.03. The Balaban J connectivity index is 1.23. The number of aliphatic hydroxyl groups is 1. The number of nitrogens with one attached hydrogen (secondary N) is 1. The number of aliphatic hydroxyl groups excluding tert-OH is 1. The maximum absolute atomic E-state index is 13.1. The number of benzene rings is 2. The van der Waals surface area contributed by atoms with Crippen molar-refractivity contribution in [1.29, 1.82) is 0 Å². The summed E-state index contributed by atoms with van der Waals surface area (Å²) < 4.78 is 58.9. The first-order valence-electron chi connectivity index (χ1n) is 11.9. The number of hydrogen-bond donors (Lipinski definition) is 3. The van der Waals surface area contributed by atoms with Crippen LogP contribution in [-0.4, -0.2) is 70.2 Å². The van der Waals surface area contributed by atoms with E-state index >= 15 is 0 Å². The Kier molecular flexibility index (Phi) is 8.88. The number of phenols is 1. The third kappa shape index (κ3) is 6.89. The van der Waals surface area contributed by atoms with Crippen molar-refractivity contribution >= 4 is 31.2 Å². The first kappa shape index (κ1) is 27.6. The Labute approximate surface area is 221 Å². The molecular formula is C25H30N2O7S3. The number of aromatic hydroxyl groups is 1. The van der Waals surface area contributed by atoms with E-state index in [0.29, 0.717) is 44.8 Å². The molecule has 0 radical (unpaired) electrons. The smallest absolute Gasteiger partial charge is 0.252 e. The van der Waals surface area contributed by atoms with Gasteiger partial charge in [0.25, 0.3) is 10.0 Å². The average molecular weight is 567 g/mol. The van der Waals surface area contributed by atoms with Crippen molar-refractivity contribution in [2.75, 3.05) is 32.8 Å². The molecule has 0 spiro atoms. The maximum Gasteiger partial charge on any atom is 0.252 e. The zero-order chi connectivity index (χ0) is 26.5. The first-order valence-corrected chi connectivity index (χ1v) is 15.6. The Hall–Kier alpha value is -2.48. The molecule has 0 unspecified atom stereocenters. The lowest BCUT2D eigenvalue weighted by Crippen LogP contribution is -2.41. The summed E-state index contributed by atoms with van der Waals surface area (Å²) in [6.07, 6.45) is 0.606. The lowest BCUT2D eigenvalue weighted by Gasteiger charge is -2.31. The zero-order valence-corrected chi connectivity index (χ0v) is 22.5. The number of thiophene rings is 1. The van der Waals surface area contributed by atoms with Crippen molar-refractivity contribution in [3.63, 3.8) is 0 Å². The number of sulfonamides is 1. The van der Waals surface area contributed by atoms with Gasteiger partial charge in [0.15, 0.2) is 0 Å². The Morgan fingerprint density at radius 2 is 1.59 bits per heavy atom. The van der Waals surface area contributed by atoms with Crippen LogP contribution < -0.4 is 10.1 Å². The summed E-state index contributed by atoms with van der Waals surface area (Å²) in [5, 5.41) is 22.6. The lowest BCUT2D eigenvalue weighted by molar-refractivity contribution is 0.104.